The topological polar surface area (TPSA) is 74.0 Å². The van der Waals surface area contributed by atoms with Crippen LogP contribution in [0.15, 0.2) is 59.3 Å². The van der Waals surface area contributed by atoms with E-state index in [0.717, 1.165) is 34.3 Å². The lowest BCUT2D eigenvalue weighted by Crippen LogP contribution is -2.34. The second-order valence-corrected chi connectivity index (χ2v) is 9.75. The van der Waals surface area contributed by atoms with Gasteiger partial charge in [-0.05, 0) is 69.0 Å². The Morgan fingerprint density at radius 2 is 1.95 bits per heavy atom. The summed E-state index contributed by atoms with van der Waals surface area (Å²) in [6.07, 6.45) is 5.57. The van der Waals surface area contributed by atoms with E-state index in [1.807, 2.05) is 18.2 Å². The molecule has 2 aromatic carbocycles. The number of nitriles is 1. The zero-order chi connectivity index (χ0) is 26.8. The summed E-state index contributed by atoms with van der Waals surface area (Å²) in [5.74, 6) is -3.95. The Balaban J connectivity index is 1.39. The van der Waals surface area contributed by atoms with Gasteiger partial charge >= 0.3 is 6.03 Å². The third kappa shape index (κ3) is 5.21. The van der Waals surface area contributed by atoms with E-state index in [4.69, 9.17) is 0 Å². The molecular weight excluding hydrogens is 559 g/mol. The smallest absolute Gasteiger partial charge is 0.326 e. The molecule has 5 rings (SSSR count). The van der Waals surface area contributed by atoms with E-state index in [2.05, 4.69) is 37.2 Å². The lowest BCUT2D eigenvalue weighted by molar-refractivity contribution is 0.240. The molecule has 0 saturated carbocycles. The number of nitrogens with one attached hydrogen (secondary N) is 1. The summed E-state index contributed by atoms with van der Waals surface area (Å²) in [6.45, 7) is 2.00. The van der Waals surface area contributed by atoms with Crippen LogP contribution in [-0.2, 0) is 19.5 Å². The first-order valence-electron chi connectivity index (χ1n) is 11.8. The molecule has 0 unspecified atom stereocenters. The molecule has 6 nitrogen and oxygen atoms in total. The lowest BCUT2D eigenvalue weighted by atomic mass is 10.0. The summed E-state index contributed by atoms with van der Waals surface area (Å²) < 4.78 is 42.6. The predicted octanol–water partition coefficient (Wildman–Crippen LogP) is 5.92. The maximum atomic E-state index is 13.5. The highest BCUT2D eigenvalue weighted by Gasteiger charge is 2.26. The van der Waals surface area contributed by atoms with E-state index in [1.54, 1.807) is 35.0 Å². The maximum Gasteiger partial charge on any atom is 0.326 e. The molecule has 2 aromatic heterocycles. The largest absolute Gasteiger partial charge is 0.333 e. The van der Waals surface area contributed by atoms with Gasteiger partial charge in [0.25, 0.3) is 0 Å². The Bertz CT molecular complexity index is 1600. The normalized spacial score (nSPS) is 13.6. The summed E-state index contributed by atoms with van der Waals surface area (Å²) in [6, 6.07) is 12.7. The Labute approximate surface area is 225 Å². The van der Waals surface area contributed by atoms with Crippen LogP contribution in [0.5, 0.6) is 0 Å². The van der Waals surface area contributed by atoms with Crippen molar-refractivity contribution >= 4 is 38.9 Å². The molecule has 10 heteroatoms. The Morgan fingerprint density at radius 3 is 2.68 bits per heavy atom. The summed E-state index contributed by atoms with van der Waals surface area (Å²) in [5.41, 5.74) is 4.12. The van der Waals surface area contributed by atoms with Gasteiger partial charge in [0.05, 0.1) is 17.1 Å². The van der Waals surface area contributed by atoms with E-state index in [9.17, 15) is 23.2 Å². The van der Waals surface area contributed by atoms with Crippen molar-refractivity contribution in [3.8, 4) is 6.07 Å². The first-order valence-corrected chi connectivity index (χ1v) is 12.6. The van der Waals surface area contributed by atoms with Crippen molar-refractivity contribution in [3.05, 3.63) is 105 Å². The van der Waals surface area contributed by atoms with Crippen molar-refractivity contribution in [2.45, 2.75) is 19.5 Å². The van der Waals surface area contributed by atoms with Gasteiger partial charge in [0, 0.05) is 49.9 Å². The number of nitrogens with zero attached hydrogens (tertiary/aromatic N) is 4. The van der Waals surface area contributed by atoms with Crippen LogP contribution in [0.25, 0.3) is 17.0 Å². The quantitative estimate of drug-likeness (QED) is 0.235. The SMILES string of the molecule is N#Cc1ccc2c3c(n(C(=O)NCc4ccnc(Br)c4)c2c1)CCN(CC=Cc1cc(F)c(F)c(F)c1)C3. The van der Waals surface area contributed by atoms with E-state index < -0.39 is 17.5 Å². The maximum absolute atomic E-state index is 13.5. The fourth-order valence-electron chi connectivity index (χ4n) is 4.69. The zero-order valence-electron chi connectivity index (χ0n) is 20.0. The van der Waals surface area contributed by atoms with Crippen LogP contribution in [0.1, 0.15) is 27.9 Å². The van der Waals surface area contributed by atoms with Crippen molar-refractivity contribution in [2.75, 3.05) is 13.1 Å². The first-order chi connectivity index (χ1) is 18.3. The van der Waals surface area contributed by atoms with Crippen molar-refractivity contribution in [1.82, 2.24) is 19.8 Å². The molecule has 4 aromatic rings. The summed E-state index contributed by atoms with van der Waals surface area (Å²) in [5, 5.41) is 13.3. The Kier molecular flexibility index (Phi) is 7.31. The molecule has 0 fully saturated rings. The fraction of sp³-hybridized carbons (Fsp3) is 0.179. The van der Waals surface area contributed by atoms with Gasteiger partial charge in [-0.1, -0.05) is 18.2 Å². The van der Waals surface area contributed by atoms with E-state index in [0.29, 0.717) is 48.3 Å². The zero-order valence-corrected chi connectivity index (χ0v) is 21.6. The standard InChI is InChI=1S/C28H21BrF3N5O/c29-26-13-19(5-7-34-26)15-35-28(38)37-24-6-9-36(8-1-2-17-10-22(30)27(32)23(31)11-17)16-21(24)20-4-3-18(14-33)12-25(20)37/h1-5,7,10-13H,6,8-9,15-16H2,(H,35,38). The number of fused-ring (bicyclic) bond motifs is 3. The number of hydrogen-bond donors (Lipinski definition) is 1. The van der Waals surface area contributed by atoms with Gasteiger partial charge in [0.15, 0.2) is 17.5 Å². The van der Waals surface area contributed by atoms with Crippen LogP contribution in [-0.4, -0.2) is 33.6 Å². The van der Waals surface area contributed by atoms with Crippen molar-refractivity contribution in [1.29, 1.82) is 5.26 Å². The van der Waals surface area contributed by atoms with Gasteiger partial charge in [-0.25, -0.2) is 22.9 Å². The second kappa shape index (κ2) is 10.8. The summed E-state index contributed by atoms with van der Waals surface area (Å²) in [4.78, 5) is 19.6. The monoisotopic (exact) mass is 579 g/mol. The number of benzene rings is 2. The van der Waals surface area contributed by atoms with E-state index in [-0.39, 0.29) is 11.6 Å². The molecule has 1 amide bonds. The minimum Gasteiger partial charge on any atom is -0.333 e. The summed E-state index contributed by atoms with van der Waals surface area (Å²) in [7, 11) is 0. The number of carbonyl (C=O) groups excluding carboxylic acids is 1. The average molecular weight is 580 g/mol. The molecule has 0 aliphatic carbocycles. The Hall–Kier alpha value is -3.94. The van der Waals surface area contributed by atoms with Crippen LogP contribution in [0, 0.1) is 28.8 Å². The minimum atomic E-state index is -1.49. The minimum absolute atomic E-state index is 0.234. The number of aromatic nitrogens is 2. The van der Waals surface area contributed by atoms with Crippen LogP contribution in [0.2, 0.25) is 0 Å². The molecule has 0 spiro atoms. The van der Waals surface area contributed by atoms with Crippen molar-refractivity contribution < 1.29 is 18.0 Å². The molecule has 38 heavy (non-hydrogen) atoms. The number of pyridine rings is 1. The number of hydrogen-bond acceptors (Lipinski definition) is 4. The van der Waals surface area contributed by atoms with Gasteiger partial charge < -0.3 is 5.32 Å². The van der Waals surface area contributed by atoms with Gasteiger partial charge in [-0.2, -0.15) is 5.26 Å². The molecule has 192 valence electrons. The van der Waals surface area contributed by atoms with E-state index in [1.165, 1.54) is 0 Å². The molecule has 1 aliphatic rings. The van der Waals surface area contributed by atoms with Gasteiger partial charge in [-0.3, -0.25) is 9.47 Å². The highest BCUT2D eigenvalue weighted by Crippen LogP contribution is 2.31. The van der Waals surface area contributed by atoms with Gasteiger partial charge in [-0.15, -0.1) is 0 Å². The highest BCUT2D eigenvalue weighted by atomic mass is 79.9. The molecule has 0 atom stereocenters. The second-order valence-electron chi connectivity index (χ2n) is 8.94. The van der Waals surface area contributed by atoms with E-state index >= 15 is 0 Å². The number of amides is 1. The van der Waals surface area contributed by atoms with Crippen molar-refractivity contribution in [3.63, 3.8) is 0 Å². The van der Waals surface area contributed by atoms with Crippen LogP contribution >= 0.6 is 15.9 Å². The molecule has 3 heterocycles. The fourth-order valence-corrected chi connectivity index (χ4v) is 5.10. The first kappa shape index (κ1) is 25.7. The summed E-state index contributed by atoms with van der Waals surface area (Å²) >= 11 is 3.33. The van der Waals surface area contributed by atoms with Crippen LogP contribution in [0.4, 0.5) is 18.0 Å². The Morgan fingerprint density at radius 1 is 1.16 bits per heavy atom. The number of halogens is 4. The molecule has 0 saturated heterocycles. The highest BCUT2D eigenvalue weighted by molar-refractivity contribution is 9.10. The third-order valence-corrected chi connectivity index (χ3v) is 6.91. The molecule has 1 aliphatic heterocycles. The third-order valence-electron chi connectivity index (χ3n) is 6.48. The van der Waals surface area contributed by atoms with Gasteiger partial charge in [0.2, 0.25) is 0 Å². The number of carbonyl (C=O) groups is 1. The van der Waals surface area contributed by atoms with Crippen LogP contribution < -0.4 is 5.32 Å². The van der Waals surface area contributed by atoms with Crippen LogP contribution in [0.3, 0.4) is 0 Å². The lowest BCUT2D eigenvalue weighted by Gasteiger charge is -2.27. The molecule has 0 bridgehead atoms. The molecular formula is C28H21BrF3N5O. The molecule has 1 N–H and O–H groups in total. The van der Waals surface area contributed by atoms with Crippen molar-refractivity contribution in [2.24, 2.45) is 0 Å². The van der Waals surface area contributed by atoms with Gasteiger partial charge in [0.1, 0.15) is 4.60 Å². The molecule has 0 radical (unpaired) electrons. The average Bonchev–Trinajstić information content (AvgIpc) is 3.23. The number of rotatable bonds is 5. The predicted molar refractivity (Wildman–Crippen MR) is 141 cm³/mol.